The SMILES string of the molecule is O=[PH](O)CN=Cc1ccccc1Cl. The van der Waals surface area contributed by atoms with Crippen molar-refractivity contribution in [1.29, 1.82) is 0 Å². The summed E-state index contributed by atoms with van der Waals surface area (Å²) in [7, 11) is -2.51. The average Bonchev–Trinajstić information content (AvgIpc) is 2.08. The van der Waals surface area contributed by atoms with Gasteiger partial charge in [0.15, 0.2) is 0 Å². The summed E-state index contributed by atoms with van der Waals surface area (Å²) in [5, 5.41) is 0.587. The Morgan fingerprint density at radius 2 is 2.23 bits per heavy atom. The summed E-state index contributed by atoms with van der Waals surface area (Å²) in [6.07, 6.45) is 1.46. The van der Waals surface area contributed by atoms with Crippen LogP contribution in [0.5, 0.6) is 0 Å². The highest BCUT2D eigenvalue weighted by Crippen LogP contribution is 2.14. The molecule has 0 amide bonds. The Labute approximate surface area is 81.9 Å². The minimum Gasteiger partial charge on any atom is -0.345 e. The number of hydrogen-bond donors (Lipinski definition) is 1. The Morgan fingerprint density at radius 1 is 1.54 bits per heavy atom. The second-order valence-electron chi connectivity index (χ2n) is 2.39. The molecule has 0 saturated carbocycles. The molecular weight excluding hydrogens is 209 g/mol. The first-order chi connectivity index (χ1) is 6.20. The van der Waals surface area contributed by atoms with Crippen LogP contribution in [0.4, 0.5) is 0 Å². The van der Waals surface area contributed by atoms with Crippen LogP contribution in [0.2, 0.25) is 5.02 Å². The maximum Gasteiger partial charge on any atom is 0.209 e. The smallest absolute Gasteiger partial charge is 0.209 e. The van der Waals surface area contributed by atoms with Gasteiger partial charge >= 0.3 is 0 Å². The third kappa shape index (κ3) is 3.73. The van der Waals surface area contributed by atoms with Crippen molar-refractivity contribution in [2.45, 2.75) is 0 Å². The van der Waals surface area contributed by atoms with Crippen LogP contribution in [0, 0.1) is 0 Å². The van der Waals surface area contributed by atoms with Crippen LogP contribution in [0.3, 0.4) is 0 Å². The molecule has 0 heterocycles. The highest BCUT2D eigenvalue weighted by molar-refractivity contribution is 7.37. The number of benzene rings is 1. The van der Waals surface area contributed by atoms with Crippen molar-refractivity contribution in [2.75, 3.05) is 6.29 Å². The highest BCUT2D eigenvalue weighted by Gasteiger charge is 1.93. The van der Waals surface area contributed by atoms with E-state index in [1.54, 1.807) is 12.1 Å². The Kier molecular flexibility index (Phi) is 4.16. The van der Waals surface area contributed by atoms with Crippen LogP contribution in [-0.2, 0) is 4.57 Å². The van der Waals surface area contributed by atoms with E-state index in [0.29, 0.717) is 5.02 Å². The molecule has 13 heavy (non-hydrogen) atoms. The zero-order valence-corrected chi connectivity index (χ0v) is 8.53. The lowest BCUT2D eigenvalue weighted by Gasteiger charge is -1.94. The third-order valence-electron chi connectivity index (χ3n) is 1.36. The molecule has 0 aliphatic heterocycles. The second kappa shape index (κ2) is 5.18. The fourth-order valence-corrected chi connectivity index (χ4v) is 1.23. The van der Waals surface area contributed by atoms with Gasteiger partial charge in [0.1, 0.15) is 6.29 Å². The van der Waals surface area contributed by atoms with E-state index in [9.17, 15) is 4.57 Å². The second-order valence-corrected chi connectivity index (χ2v) is 3.90. The number of nitrogens with zero attached hydrogens (tertiary/aromatic N) is 1. The predicted octanol–water partition coefficient (Wildman–Crippen LogP) is 2.18. The standard InChI is InChI=1S/C8H9ClNO2P/c9-8-4-2-1-3-7(8)5-10-6-13(11)12/h1-5,13H,6H2,(H,11,12). The molecule has 0 saturated heterocycles. The molecule has 3 nitrogen and oxygen atoms in total. The van der Waals surface area contributed by atoms with Gasteiger partial charge in [0.2, 0.25) is 8.03 Å². The topological polar surface area (TPSA) is 49.7 Å². The number of hydrogen-bond acceptors (Lipinski definition) is 2. The van der Waals surface area contributed by atoms with Crippen LogP contribution < -0.4 is 0 Å². The van der Waals surface area contributed by atoms with Crippen LogP contribution in [0.1, 0.15) is 5.56 Å². The van der Waals surface area contributed by atoms with Crippen molar-refractivity contribution in [3.63, 3.8) is 0 Å². The van der Waals surface area contributed by atoms with Gasteiger partial charge in [0.25, 0.3) is 0 Å². The van der Waals surface area contributed by atoms with E-state index in [-0.39, 0.29) is 6.29 Å². The van der Waals surface area contributed by atoms with Gasteiger partial charge in [0.05, 0.1) is 0 Å². The van der Waals surface area contributed by atoms with E-state index in [4.69, 9.17) is 16.5 Å². The molecule has 70 valence electrons. The molecule has 1 aromatic rings. The van der Waals surface area contributed by atoms with Crippen LogP contribution in [0.25, 0.3) is 0 Å². The van der Waals surface area contributed by atoms with Crippen molar-refractivity contribution in [1.82, 2.24) is 0 Å². The summed E-state index contributed by atoms with van der Waals surface area (Å²) >= 11 is 5.82. The van der Waals surface area contributed by atoms with Gasteiger partial charge in [-0.25, -0.2) is 0 Å². The minimum atomic E-state index is -2.51. The Bertz CT molecular complexity index is 341. The first-order valence-electron chi connectivity index (χ1n) is 3.66. The lowest BCUT2D eigenvalue weighted by atomic mass is 10.2. The van der Waals surface area contributed by atoms with Gasteiger partial charge in [-0.1, -0.05) is 29.8 Å². The summed E-state index contributed by atoms with van der Waals surface area (Å²) in [5.74, 6) is 0. The van der Waals surface area contributed by atoms with E-state index < -0.39 is 8.03 Å². The number of rotatable bonds is 3. The molecule has 1 atom stereocenters. The van der Waals surface area contributed by atoms with Crippen molar-refractivity contribution < 1.29 is 9.46 Å². The third-order valence-corrected chi connectivity index (χ3v) is 2.16. The molecular formula is C8H9ClNO2P. The zero-order chi connectivity index (χ0) is 9.68. The van der Waals surface area contributed by atoms with E-state index in [0.717, 1.165) is 5.56 Å². The molecule has 0 aliphatic carbocycles. The van der Waals surface area contributed by atoms with Gasteiger partial charge in [0, 0.05) is 16.8 Å². The van der Waals surface area contributed by atoms with Gasteiger partial charge in [-0.3, -0.25) is 9.56 Å². The molecule has 0 aromatic heterocycles. The maximum atomic E-state index is 10.3. The molecule has 5 heteroatoms. The Hall–Kier alpha value is -0.630. The number of halogens is 1. The summed E-state index contributed by atoms with van der Waals surface area (Å²) < 4.78 is 10.3. The molecule has 0 radical (unpaired) electrons. The first kappa shape index (κ1) is 10.5. The van der Waals surface area contributed by atoms with E-state index in [2.05, 4.69) is 4.99 Å². The molecule has 0 fully saturated rings. The van der Waals surface area contributed by atoms with Crippen LogP contribution in [-0.4, -0.2) is 17.4 Å². The minimum absolute atomic E-state index is 0.0457. The predicted molar refractivity (Wildman–Crippen MR) is 55.1 cm³/mol. The lowest BCUT2D eigenvalue weighted by molar-refractivity contribution is 0.504. The monoisotopic (exact) mass is 217 g/mol. The largest absolute Gasteiger partial charge is 0.345 e. The van der Waals surface area contributed by atoms with Crippen molar-refractivity contribution >= 4 is 25.8 Å². The molecule has 1 aromatic carbocycles. The van der Waals surface area contributed by atoms with Crippen molar-refractivity contribution in [3.05, 3.63) is 34.9 Å². The van der Waals surface area contributed by atoms with E-state index in [1.165, 1.54) is 6.21 Å². The van der Waals surface area contributed by atoms with Crippen molar-refractivity contribution in [2.24, 2.45) is 4.99 Å². The molecule has 0 aliphatic rings. The molecule has 1 unspecified atom stereocenters. The van der Waals surface area contributed by atoms with Gasteiger partial charge in [-0.05, 0) is 6.07 Å². The molecule has 1 N–H and O–H groups in total. The van der Waals surface area contributed by atoms with Gasteiger partial charge < -0.3 is 4.89 Å². The summed E-state index contributed by atoms with van der Waals surface area (Å²) in [6, 6.07) is 7.18. The average molecular weight is 218 g/mol. The van der Waals surface area contributed by atoms with Crippen LogP contribution in [0.15, 0.2) is 29.3 Å². The quantitative estimate of drug-likeness (QED) is 0.623. The fourth-order valence-electron chi connectivity index (χ4n) is 0.802. The zero-order valence-electron chi connectivity index (χ0n) is 6.77. The normalized spacial score (nSPS) is 13.4. The number of aliphatic imine (C=N–C) groups is 1. The fraction of sp³-hybridized carbons (Fsp3) is 0.125. The highest BCUT2D eigenvalue weighted by atomic mass is 35.5. The van der Waals surface area contributed by atoms with E-state index in [1.807, 2.05) is 12.1 Å². The van der Waals surface area contributed by atoms with Gasteiger partial charge in [-0.2, -0.15) is 0 Å². The Balaban J connectivity index is 2.68. The van der Waals surface area contributed by atoms with Crippen molar-refractivity contribution in [3.8, 4) is 0 Å². The lowest BCUT2D eigenvalue weighted by Crippen LogP contribution is -1.82. The van der Waals surface area contributed by atoms with Crippen LogP contribution >= 0.6 is 19.6 Å². The maximum absolute atomic E-state index is 10.3. The Morgan fingerprint density at radius 3 is 2.85 bits per heavy atom. The molecule has 0 spiro atoms. The first-order valence-corrected chi connectivity index (χ1v) is 5.60. The summed E-state index contributed by atoms with van der Waals surface area (Å²) in [5.41, 5.74) is 0.757. The van der Waals surface area contributed by atoms with Gasteiger partial charge in [-0.15, -0.1) is 0 Å². The van der Waals surface area contributed by atoms with E-state index >= 15 is 0 Å². The molecule has 1 rings (SSSR count). The molecule has 0 bridgehead atoms. The summed E-state index contributed by atoms with van der Waals surface area (Å²) in [6.45, 7) is 0. The summed E-state index contributed by atoms with van der Waals surface area (Å²) in [4.78, 5) is 12.3.